The zero-order valence-corrected chi connectivity index (χ0v) is 33.6. The molecule has 5 aromatic carbocycles. The SMILES string of the molecule is CC(C)(C)c1cc(-n2c3ccccc3c3ccc(-n4cccn4)cc32)cc(C2(c3ccccn3)c3ccc(C(C)(C)C)cc3-c3cc(C(C)(C)C)ccc32)c1. The van der Waals surface area contributed by atoms with Crippen LogP contribution in [0.15, 0.2) is 140 Å². The number of para-hydroxylation sites is 1. The fraction of sp³-hybridized carbons (Fsp3) is 0.255. The molecule has 0 aliphatic heterocycles. The zero-order chi connectivity index (χ0) is 38.5. The van der Waals surface area contributed by atoms with Gasteiger partial charge in [-0.05, 0) is 109 Å². The first kappa shape index (κ1) is 35.0. The van der Waals surface area contributed by atoms with Crippen LogP contribution in [0.3, 0.4) is 0 Å². The maximum atomic E-state index is 5.26. The van der Waals surface area contributed by atoms with E-state index in [0.29, 0.717) is 0 Å². The van der Waals surface area contributed by atoms with Gasteiger partial charge in [-0.1, -0.05) is 135 Å². The second-order valence-electron chi connectivity index (χ2n) is 18.5. The molecule has 0 spiro atoms. The Hall–Kier alpha value is -5.74. The third-order valence-corrected chi connectivity index (χ3v) is 11.8. The summed E-state index contributed by atoms with van der Waals surface area (Å²) < 4.78 is 4.41. The van der Waals surface area contributed by atoms with E-state index >= 15 is 0 Å². The summed E-state index contributed by atoms with van der Waals surface area (Å²) in [6.07, 6.45) is 5.80. The van der Waals surface area contributed by atoms with Gasteiger partial charge in [-0.15, -0.1) is 0 Å². The Morgan fingerprint density at radius 1 is 0.491 bits per heavy atom. The van der Waals surface area contributed by atoms with Crippen LogP contribution in [0.2, 0.25) is 0 Å². The van der Waals surface area contributed by atoms with Gasteiger partial charge in [0.2, 0.25) is 0 Å². The van der Waals surface area contributed by atoms with Crippen LogP contribution in [0.5, 0.6) is 0 Å². The Bertz CT molecular complexity index is 2680. The lowest BCUT2D eigenvalue weighted by Crippen LogP contribution is -2.31. The highest BCUT2D eigenvalue weighted by Gasteiger charge is 2.48. The van der Waals surface area contributed by atoms with E-state index in [9.17, 15) is 0 Å². The summed E-state index contributed by atoms with van der Waals surface area (Å²) in [6, 6.07) is 45.6. The molecule has 0 saturated heterocycles. The summed E-state index contributed by atoms with van der Waals surface area (Å²) >= 11 is 0. The van der Waals surface area contributed by atoms with E-state index in [1.807, 2.05) is 35.4 Å². The molecule has 3 heterocycles. The number of nitrogens with zero attached hydrogens (tertiary/aromatic N) is 4. The molecule has 0 radical (unpaired) electrons. The first-order valence-corrected chi connectivity index (χ1v) is 19.6. The van der Waals surface area contributed by atoms with E-state index in [1.54, 1.807) is 0 Å². The van der Waals surface area contributed by atoms with Gasteiger partial charge < -0.3 is 4.57 Å². The fourth-order valence-electron chi connectivity index (χ4n) is 8.78. The lowest BCUT2D eigenvalue weighted by atomic mass is 9.68. The van der Waals surface area contributed by atoms with E-state index in [-0.39, 0.29) is 16.2 Å². The Morgan fingerprint density at radius 2 is 1.13 bits per heavy atom. The number of benzene rings is 5. The highest BCUT2D eigenvalue weighted by molar-refractivity contribution is 6.09. The summed E-state index contributed by atoms with van der Waals surface area (Å²) in [6.45, 7) is 20.8. The van der Waals surface area contributed by atoms with Gasteiger partial charge in [0.05, 0.1) is 27.8 Å². The number of hydrogen-bond acceptors (Lipinski definition) is 2. The monoisotopic (exact) mass is 718 g/mol. The predicted octanol–water partition coefficient (Wildman–Crippen LogP) is 12.6. The summed E-state index contributed by atoms with van der Waals surface area (Å²) in [7, 11) is 0. The first-order valence-electron chi connectivity index (χ1n) is 19.6. The largest absolute Gasteiger partial charge is 0.309 e. The van der Waals surface area contributed by atoms with E-state index in [4.69, 9.17) is 4.98 Å². The minimum absolute atomic E-state index is 0.00203. The molecule has 4 nitrogen and oxygen atoms in total. The summed E-state index contributed by atoms with van der Waals surface area (Å²) in [5.74, 6) is 0. The van der Waals surface area contributed by atoms with Crippen LogP contribution in [0.4, 0.5) is 0 Å². The molecule has 0 fully saturated rings. The number of aromatic nitrogens is 4. The lowest BCUT2D eigenvalue weighted by Gasteiger charge is -2.35. The molecule has 0 bridgehead atoms. The molecule has 1 aliphatic rings. The van der Waals surface area contributed by atoms with Crippen molar-refractivity contribution < 1.29 is 0 Å². The van der Waals surface area contributed by atoms with Crippen molar-refractivity contribution >= 4 is 21.8 Å². The second kappa shape index (κ2) is 12.1. The maximum Gasteiger partial charge on any atom is 0.0886 e. The lowest BCUT2D eigenvalue weighted by molar-refractivity contribution is 0.585. The summed E-state index contributed by atoms with van der Waals surface area (Å²) in [5, 5.41) is 7.04. The standard InChI is InChI=1S/C51H50N4/c1-48(2,3)33-18-22-43-41(30-33)42-31-34(49(4,5)6)19-23-44(42)51(43,47-17-12-13-24-52-47)36-27-35(50(7,8)9)28-38(29-36)55-45-16-11-10-15-39(45)40-21-20-37(32-46(40)55)54-26-14-25-53-54/h10-32H,1-9H3. The molecule has 9 rings (SSSR count). The van der Waals surface area contributed by atoms with Gasteiger partial charge >= 0.3 is 0 Å². The van der Waals surface area contributed by atoms with Crippen molar-refractivity contribution in [1.82, 2.24) is 19.3 Å². The molecule has 274 valence electrons. The molecular weight excluding hydrogens is 669 g/mol. The Kier molecular flexibility index (Phi) is 7.72. The molecule has 55 heavy (non-hydrogen) atoms. The van der Waals surface area contributed by atoms with Crippen LogP contribution in [0, 0.1) is 0 Å². The Labute approximate surface area is 325 Å². The van der Waals surface area contributed by atoms with Gasteiger partial charge in [0.15, 0.2) is 0 Å². The zero-order valence-electron chi connectivity index (χ0n) is 33.6. The van der Waals surface area contributed by atoms with Crippen molar-refractivity contribution in [1.29, 1.82) is 0 Å². The van der Waals surface area contributed by atoms with Crippen molar-refractivity contribution in [2.24, 2.45) is 0 Å². The first-order chi connectivity index (χ1) is 26.2. The van der Waals surface area contributed by atoms with E-state index < -0.39 is 5.41 Å². The van der Waals surface area contributed by atoms with Crippen LogP contribution >= 0.6 is 0 Å². The second-order valence-corrected chi connectivity index (χ2v) is 18.5. The molecule has 3 aromatic heterocycles. The van der Waals surface area contributed by atoms with Gasteiger partial charge in [0, 0.05) is 35.1 Å². The van der Waals surface area contributed by atoms with Crippen LogP contribution in [-0.2, 0) is 21.7 Å². The molecular formula is C51H50N4. The van der Waals surface area contributed by atoms with Gasteiger partial charge in [-0.2, -0.15) is 5.10 Å². The molecule has 0 saturated carbocycles. The van der Waals surface area contributed by atoms with Crippen LogP contribution in [0.1, 0.15) is 101 Å². The normalized spacial score (nSPS) is 14.1. The van der Waals surface area contributed by atoms with Gasteiger partial charge in [0.1, 0.15) is 0 Å². The highest BCUT2D eigenvalue weighted by atomic mass is 15.3. The molecule has 0 atom stereocenters. The van der Waals surface area contributed by atoms with E-state index in [1.165, 1.54) is 60.8 Å². The van der Waals surface area contributed by atoms with Gasteiger partial charge in [-0.3, -0.25) is 4.98 Å². The Balaban J connectivity index is 1.42. The number of hydrogen-bond donors (Lipinski definition) is 0. The van der Waals surface area contributed by atoms with E-state index in [0.717, 1.165) is 22.6 Å². The third kappa shape index (κ3) is 5.48. The minimum atomic E-state index is -0.659. The average molecular weight is 719 g/mol. The summed E-state index contributed by atoms with van der Waals surface area (Å²) in [5.41, 5.74) is 15.0. The summed E-state index contributed by atoms with van der Waals surface area (Å²) in [4.78, 5) is 5.26. The van der Waals surface area contributed by atoms with Crippen LogP contribution in [-0.4, -0.2) is 19.3 Å². The highest BCUT2D eigenvalue weighted by Crippen LogP contribution is 2.57. The Morgan fingerprint density at radius 3 is 1.73 bits per heavy atom. The van der Waals surface area contributed by atoms with E-state index in [2.05, 4.69) is 181 Å². The van der Waals surface area contributed by atoms with Gasteiger partial charge in [0.25, 0.3) is 0 Å². The fourth-order valence-corrected chi connectivity index (χ4v) is 8.78. The third-order valence-electron chi connectivity index (χ3n) is 11.8. The predicted molar refractivity (Wildman–Crippen MR) is 229 cm³/mol. The molecule has 4 heteroatoms. The van der Waals surface area contributed by atoms with Crippen molar-refractivity contribution in [2.45, 2.75) is 84.0 Å². The topological polar surface area (TPSA) is 35.6 Å². The van der Waals surface area contributed by atoms with Crippen molar-refractivity contribution in [3.63, 3.8) is 0 Å². The molecule has 0 unspecified atom stereocenters. The quantitative estimate of drug-likeness (QED) is 0.182. The van der Waals surface area contributed by atoms with Crippen LogP contribution in [0.25, 0.3) is 44.3 Å². The van der Waals surface area contributed by atoms with Gasteiger partial charge in [-0.25, -0.2) is 4.68 Å². The van der Waals surface area contributed by atoms with Crippen LogP contribution < -0.4 is 0 Å². The molecule has 0 amide bonds. The molecule has 1 aliphatic carbocycles. The van der Waals surface area contributed by atoms with Crippen molar-refractivity contribution in [2.75, 3.05) is 0 Å². The maximum absolute atomic E-state index is 5.26. The minimum Gasteiger partial charge on any atom is -0.309 e. The smallest absolute Gasteiger partial charge is 0.0886 e. The molecule has 0 N–H and O–H groups in total. The average Bonchev–Trinajstić information content (AvgIpc) is 3.88. The van der Waals surface area contributed by atoms with Crippen molar-refractivity contribution in [3.8, 4) is 22.5 Å². The number of rotatable bonds is 4. The number of fused-ring (bicyclic) bond motifs is 6. The number of pyridine rings is 1. The molecule has 8 aromatic rings. The van der Waals surface area contributed by atoms with Crippen molar-refractivity contribution in [3.05, 3.63) is 179 Å².